The first-order chi connectivity index (χ1) is 6.11. The van der Waals surface area contributed by atoms with Gasteiger partial charge in [0.2, 0.25) is 0 Å². The Morgan fingerprint density at radius 1 is 1.38 bits per heavy atom. The molecule has 3 heteroatoms. The van der Waals surface area contributed by atoms with Crippen molar-refractivity contribution in [2.75, 3.05) is 5.73 Å². The molecule has 1 aromatic rings. The van der Waals surface area contributed by atoms with E-state index >= 15 is 0 Å². The smallest absolute Gasteiger partial charge is 0.113 e. The zero-order chi connectivity index (χ0) is 10.4. The first-order valence-corrected chi connectivity index (χ1v) is 4.32. The highest BCUT2D eigenvalue weighted by molar-refractivity contribution is 6.32. The summed E-state index contributed by atoms with van der Waals surface area (Å²) < 4.78 is 0. The number of anilines is 1. The Morgan fingerprint density at radius 3 is 2.31 bits per heavy atom. The Bertz CT molecular complexity index is 295. The number of nitrogens with two attached hydrogens (primary N) is 1. The summed E-state index contributed by atoms with van der Waals surface area (Å²) >= 11 is 0. The van der Waals surface area contributed by atoms with Crippen LogP contribution in [0.25, 0.3) is 0 Å². The van der Waals surface area contributed by atoms with Gasteiger partial charge in [-0.25, -0.2) is 0 Å². The van der Waals surface area contributed by atoms with Crippen LogP contribution in [0.15, 0.2) is 18.2 Å². The average molecular weight is 174 g/mol. The molecule has 0 bridgehead atoms. The molecular weight excluding hydrogens is 159 g/mol. The van der Waals surface area contributed by atoms with E-state index in [1.165, 1.54) is 0 Å². The lowest BCUT2D eigenvalue weighted by atomic mass is 9.93. The van der Waals surface area contributed by atoms with Crippen LogP contribution in [0.1, 0.15) is 26.3 Å². The third-order valence-corrected chi connectivity index (χ3v) is 1.48. The van der Waals surface area contributed by atoms with Gasteiger partial charge in [0.1, 0.15) is 7.85 Å². The van der Waals surface area contributed by atoms with Crippen molar-refractivity contribution in [1.82, 2.24) is 0 Å². The van der Waals surface area contributed by atoms with E-state index < -0.39 is 0 Å². The summed E-state index contributed by atoms with van der Waals surface area (Å²) in [6, 6.07) is 5.16. The molecule has 2 radical (unpaired) electrons. The third-order valence-electron chi connectivity index (χ3n) is 1.48. The van der Waals surface area contributed by atoms with E-state index in [0.717, 1.165) is 5.56 Å². The van der Waals surface area contributed by atoms with Crippen LogP contribution in [0.5, 0.6) is 0 Å². The SMILES string of the molecule is CC.[B]c1ccc(C(C)=N)c(N)c1. The van der Waals surface area contributed by atoms with E-state index in [1.807, 2.05) is 13.8 Å². The topological polar surface area (TPSA) is 49.9 Å². The van der Waals surface area contributed by atoms with Crippen molar-refractivity contribution in [1.29, 1.82) is 5.41 Å². The molecule has 0 aromatic heterocycles. The molecule has 1 aromatic carbocycles. The van der Waals surface area contributed by atoms with Gasteiger partial charge in [-0.3, -0.25) is 0 Å². The highest BCUT2D eigenvalue weighted by Gasteiger charge is 1.99. The number of hydrogen-bond acceptors (Lipinski definition) is 2. The van der Waals surface area contributed by atoms with Gasteiger partial charge in [-0.1, -0.05) is 31.4 Å². The van der Waals surface area contributed by atoms with Crippen LogP contribution in [-0.4, -0.2) is 13.6 Å². The first kappa shape index (κ1) is 11.8. The lowest BCUT2D eigenvalue weighted by Gasteiger charge is -2.03. The maximum Gasteiger partial charge on any atom is 0.113 e. The van der Waals surface area contributed by atoms with Crippen LogP contribution in [0, 0.1) is 5.41 Å². The molecule has 0 spiro atoms. The Kier molecular flexibility index (Phi) is 4.89. The monoisotopic (exact) mass is 174 g/mol. The molecule has 1 rings (SSSR count). The normalized spacial score (nSPS) is 8.54. The number of rotatable bonds is 1. The molecule has 0 amide bonds. The lowest BCUT2D eigenvalue weighted by molar-refractivity contribution is 1.46. The largest absolute Gasteiger partial charge is 0.398 e. The first-order valence-electron chi connectivity index (χ1n) is 4.32. The fraction of sp³-hybridized carbons (Fsp3) is 0.300. The lowest BCUT2D eigenvalue weighted by Crippen LogP contribution is -2.07. The molecule has 68 valence electrons. The Morgan fingerprint density at radius 2 is 1.92 bits per heavy atom. The molecule has 0 aliphatic heterocycles. The molecule has 0 fully saturated rings. The molecule has 0 heterocycles. The predicted octanol–water partition coefficient (Wildman–Crippen LogP) is 1.48. The molecule has 0 aliphatic carbocycles. The highest BCUT2D eigenvalue weighted by Crippen LogP contribution is 2.08. The van der Waals surface area contributed by atoms with Crippen LogP contribution < -0.4 is 11.2 Å². The number of nitrogens with one attached hydrogen (secondary N) is 1. The number of benzene rings is 1. The van der Waals surface area contributed by atoms with Crippen LogP contribution >= 0.6 is 0 Å². The van der Waals surface area contributed by atoms with Crippen LogP contribution in [0.3, 0.4) is 0 Å². The van der Waals surface area contributed by atoms with E-state index in [0.29, 0.717) is 16.9 Å². The van der Waals surface area contributed by atoms with Gasteiger partial charge in [-0.15, -0.1) is 0 Å². The van der Waals surface area contributed by atoms with Crippen molar-refractivity contribution in [2.45, 2.75) is 20.8 Å². The quantitative estimate of drug-likeness (QED) is 0.378. The molecule has 0 aliphatic rings. The second-order valence-corrected chi connectivity index (χ2v) is 2.47. The van der Waals surface area contributed by atoms with Gasteiger partial charge in [-0.05, 0) is 13.0 Å². The van der Waals surface area contributed by atoms with Gasteiger partial charge in [-0.2, -0.15) is 0 Å². The summed E-state index contributed by atoms with van der Waals surface area (Å²) in [7, 11) is 5.48. The molecule has 0 atom stereocenters. The van der Waals surface area contributed by atoms with Gasteiger partial charge in [0.05, 0.1) is 0 Å². The zero-order valence-corrected chi connectivity index (χ0v) is 8.39. The minimum absolute atomic E-state index is 0.461. The van der Waals surface area contributed by atoms with E-state index in [4.69, 9.17) is 19.0 Å². The van der Waals surface area contributed by atoms with Crippen molar-refractivity contribution in [3.05, 3.63) is 23.8 Å². The molecule has 13 heavy (non-hydrogen) atoms. The minimum atomic E-state index is 0.461. The molecular formula is C10H15BN2. The van der Waals surface area contributed by atoms with Crippen molar-refractivity contribution in [2.24, 2.45) is 0 Å². The van der Waals surface area contributed by atoms with E-state index in [1.54, 1.807) is 25.1 Å². The second kappa shape index (κ2) is 5.41. The summed E-state index contributed by atoms with van der Waals surface area (Å²) in [4.78, 5) is 0. The summed E-state index contributed by atoms with van der Waals surface area (Å²) in [6.07, 6.45) is 0. The Labute approximate surface area is 81.1 Å². The van der Waals surface area contributed by atoms with Crippen molar-refractivity contribution in [3.8, 4) is 0 Å². The summed E-state index contributed by atoms with van der Waals surface area (Å²) in [5.41, 5.74) is 8.01. The zero-order valence-electron chi connectivity index (χ0n) is 8.39. The Hall–Kier alpha value is -1.25. The minimum Gasteiger partial charge on any atom is -0.398 e. The van der Waals surface area contributed by atoms with Crippen molar-refractivity contribution in [3.63, 3.8) is 0 Å². The van der Waals surface area contributed by atoms with Crippen LogP contribution in [-0.2, 0) is 0 Å². The summed E-state index contributed by atoms with van der Waals surface area (Å²) in [5, 5.41) is 7.33. The van der Waals surface area contributed by atoms with Gasteiger partial charge in [0, 0.05) is 17.0 Å². The van der Waals surface area contributed by atoms with Crippen LogP contribution in [0.4, 0.5) is 5.69 Å². The summed E-state index contributed by atoms with van der Waals surface area (Å²) in [5.74, 6) is 0. The van der Waals surface area contributed by atoms with Gasteiger partial charge >= 0.3 is 0 Å². The fourth-order valence-corrected chi connectivity index (χ4v) is 0.923. The summed E-state index contributed by atoms with van der Waals surface area (Å²) in [6.45, 7) is 5.70. The maximum absolute atomic E-state index is 7.33. The van der Waals surface area contributed by atoms with Gasteiger partial charge in [0.25, 0.3) is 0 Å². The van der Waals surface area contributed by atoms with E-state index in [-0.39, 0.29) is 0 Å². The molecule has 2 nitrogen and oxygen atoms in total. The van der Waals surface area contributed by atoms with Crippen LogP contribution in [0.2, 0.25) is 0 Å². The average Bonchev–Trinajstić information content (AvgIpc) is 2.07. The molecule has 0 saturated carbocycles. The van der Waals surface area contributed by atoms with Gasteiger partial charge < -0.3 is 11.1 Å². The van der Waals surface area contributed by atoms with E-state index in [9.17, 15) is 0 Å². The third kappa shape index (κ3) is 3.32. The predicted molar refractivity (Wildman–Crippen MR) is 60.1 cm³/mol. The molecule has 3 N–H and O–H groups in total. The highest BCUT2D eigenvalue weighted by atomic mass is 14.6. The van der Waals surface area contributed by atoms with Gasteiger partial charge in [0.15, 0.2) is 0 Å². The maximum atomic E-state index is 7.33. The van der Waals surface area contributed by atoms with Crippen molar-refractivity contribution >= 4 is 24.7 Å². The Balaban J connectivity index is 0.000000671. The number of hydrogen-bond donors (Lipinski definition) is 2. The van der Waals surface area contributed by atoms with Crippen molar-refractivity contribution < 1.29 is 0 Å². The molecule has 0 unspecified atom stereocenters. The molecule has 0 saturated heterocycles. The standard InChI is InChI=1S/C8H9BN2.C2H6/c1-5(10)7-3-2-6(9)4-8(7)11;1-2/h2-4,10H,11H2,1H3;1-2H3. The fourth-order valence-electron chi connectivity index (χ4n) is 0.923. The number of nitrogen functional groups attached to an aromatic ring is 1. The van der Waals surface area contributed by atoms with E-state index in [2.05, 4.69) is 0 Å². The second-order valence-electron chi connectivity index (χ2n) is 2.47.